The van der Waals surface area contributed by atoms with Crippen LogP contribution in [0.1, 0.15) is 6.92 Å². The zero-order valence-corrected chi connectivity index (χ0v) is 14.8. The molecule has 0 saturated carbocycles. The van der Waals surface area contributed by atoms with E-state index in [1.807, 2.05) is 49.3 Å². The molecule has 1 aromatic carbocycles. The van der Waals surface area contributed by atoms with Crippen molar-refractivity contribution in [2.24, 2.45) is 0 Å². The lowest BCUT2D eigenvalue weighted by Gasteiger charge is -2.34. The zero-order chi connectivity index (χ0) is 18.4. The summed E-state index contributed by atoms with van der Waals surface area (Å²) in [5.74, 6) is -0.312. The van der Waals surface area contributed by atoms with Crippen molar-refractivity contribution in [3.05, 3.63) is 36.0 Å². The summed E-state index contributed by atoms with van der Waals surface area (Å²) in [6.07, 6.45) is 1.44. The molecule has 1 aromatic rings. The van der Waals surface area contributed by atoms with Crippen molar-refractivity contribution >= 4 is 23.2 Å². The Balaban J connectivity index is 2.03. The average Bonchev–Trinajstić information content (AvgIpc) is 2.62. The lowest BCUT2D eigenvalue weighted by atomic mass is 10.2. The maximum atomic E-state index is 12.5. The second-order valence-electron chi connectivity index (χ2n) is 6.06. The molecule has 2 amide bonds. The van der Waals surface area contributed by atoms with Crippen LogP contribution in [0.25, 0.3) is 0 Å². The van der Waals surface area contributed by atoms with Gasteiger partial charge >= 0.3 is 0 Å². The van der Waals surface area contributed by atoms with Crippen LogP contribution in [0.5, 0.6) is 0 Å². The summed E-state index contributed by atoms with van der Waals surface area (Å²) in [6, 6.07) is 9.63. The van der Waals surface area contributed by atoms with Gasteiger partial charge in [-0.2, -0.15) is 5.26 Å². The maximum absolute atomic E-state index is 12.5. The van der Waals surface area contributed by atoms with Gasteiger partial charge in [-0.25, -0.2) is 0 Å². The van der Waals surface area contributed by atoms with E-state index in [0.717, 1.165) is 11.4 Å². The number of amides is 2. The Kier molecular flexibility index (Phi) is 6.01. The van der Waals surface area contributed by atoms with E-state index in [0.29, 0.717) is 26.2 Å². The van der Waals surface area contributed by atoms with Gasteiger partial charge in [-0.1, -0.05) is 6.07 Å². The molecule has 7 heteroatoms. The average molecular weight is 341 g/mol. The first-order valence-electron chi connectivity index (χ1n) is 8.11. The van der Waals surface area contributed by atoms with Gasteiger partial charge in [0.2, 0.25) is 5.91 Å². The molecule has 1 heterocycles. The summed E-state index contributed by atoms with van der Waals surface area (Å²) in [7, 11) is 3.89. The number of benzene rings is 1. The number of nitriles is 1. The molecule has 0 spiro atoms. The van der Waals surface area contributed by atoms with Crippen LogP contribution in [0.4, 0.5) is 11.4 Å². The number of nitrogens with one attached hydrogen (secondary N) is 1. The van der Waals surface area contributed by atoms with Crippen LogP contribution in [0, 0.1) is 11.3 Å². The second kappa shape index (κ2) is 8.20. The molecule has 0 unspecified atom stereocenters. The molecule has 1 N–H and O–H groups in total. The van der Waals surface area contributed by atoms with Crippen molar-refractivity contribution < 1.29 is 9.59 Å². The number of carbonyl (C=O) groups excluding carboxylic acids is 2. The summed E-state index contributed by atoms with van der Waals surface area (Å²) in [6.45, 7) is 3.39. The molecule has 0 bridgehead atoms. The van der Waals surface area contributed by atoms with Gasteiger partial charge in [-0.05, 0) is 18.2 Å². The highest BCUT2D eigenvalue weighted by Gasteiger charge is 2.24. The summed E-state index contributed by atoms with van der Waals surface area (Å²) in [4.78, 5) is 29.1. The molecule has 0 radical (unpaired) electrons. The van der Waals surface area contributed by atoms with E-state index in [9.17, 15) is 14.9 Å². The minimum Gasteiger partial charge on any atom is -0.378 e. The Labute approximate surface area is 148 Å². The largest absolute Gasteiger partial charge is 0.378 e. The number of nitrogens with zero attached hydrogens (tertiary/aromatic N) is 4. The van der Waals surface area contributed by atoms with Gasteiger partial charge in [-0.15, -0.1) is 0 Å². The normalized spacial score (nSPS) is 14.7. The Hall–Kier alpha value is -3.01. The molecule has 1 aliphatic heterocycles. The van der Waals surface area contributed by atoms with Gasteiger partial charge in [0, 0.05) is 64.8 Å². The van der Waals surface area contributed by atoms with Crippen molar-refractivity contribution in [3.8, 4) is 6.07 Å². The fraction of sp³-hybridized carbons (Fsp3) is 0.389. The Morgan fingerprint density at radius 1 is 1.20 bits per heavy atom. The number of piperazine rings is 1. The molecule has 0 aromatic heterocycles. The van der Waals surface area contributed by atoms with Gasteiger partial charge < -0.3 is 20.0 Å². The summed E-state index contributed by atoms with van der Waals surface area (Å²) in [5, 5.41) is 12.3. The third-order valence-electron chi connectivity index (χ3n) is 4.11. The van der Waals surface area contributed by atoms with Crippen LogP contribution in [0.2, 0.25) is 0 Å². The van der Waals surface area contributed by atoms with E-state index in [-0.39, 0.29) is 17.4 Å². The quantitative estimate of drug-likeness (QED) is 0.659. The van der Waals surface area contributed by atoms with E-state index in [1.165, 1.54) is 13.1 Å². The molecule has 0 aliphatic carbocycles. The smallest absolute Gasteiger partial charge is 0.266 e. The predicted molar refractivity (Wildman–Crippen MR) is 96.9 cm³/mol. The standard InChI is InChI=1S/C18H23N5O2/c1-14(24)22-7-9-23(10-8-22)18(25)15(12-19)13-20-16-5-4-6-17(11-16)21(2)3/h4-6,11,13,20H,7-10H2,1-3H3/b15-13-. The number of anilines is 2. The van der Waals surface area contributed by atoms with Gasteiger partial charge in [0.1, 0.15) is 11.6 Å². The highest BCUT2D eigenvalue weighted by Crippen LogP contribution is 2.17. The monoisotopic (exact) mass is 341 g/mol. The van der Waals surface area contributed by atoms with Gasteiger partial charge in [-0.3, -0.25) is 9.59 Å². The van der Waals surface area contributed by atoms with Crippen LogP contribution in [0.3, 0.4) is 0 Å². The minimum atomic E-state index is -0.318. The Morgan fingerprint density at radius 2 is 1.84 bits per heavy atom. The lowest BCUT2D eigenvalue weighted by molar-refractivity contribution is -0.136. The number of carbonyl (C=O) groups is 2. The van der Waals surface area contributed by atoms with Gasteiger partial charge in [0.05, 0.1) is 0 Å². The van der Waals surface area contributed by atoms with Crippen molar-refractivity contribution in [2.75, 3.05) is 50.5 Å². The molecule has 1 aliphatic rings. The van der Waals surface area contributed by atoms with Crippen LogP contribution in [-0.2, 0) is 9.59 Å². The topological polar surface area (TPSA) is 79.7 Å². The number of hydrogen-bond donors (Lipinski definition) is 1. The van der Waals surface area contributed by atoms with Crippen LogP contribution in [0.15, 0.2) is 36.0 Å². The Morgan fingerprint density at radius 3 is 2.40 bits per heavy atom. The number of hydrogen-bond acceptors (Lipinski definition) is 5. The fourth-order valence-electron chi connectivity index (χ4n) is 2.57. The summed E-state index contributed by atoms with van der Waals surface area (Å²) < 4.78 is 0. The first-order valence-corrected chi connectivity index (χ1v) is 8.11. The van der Waals surface area contributed by atoms with Crippen LogP contribution >= 0.6 is 0 Å². The summed E-state index contributed by atoms with van der Waals surface area (Å²) in [5.41, 5.74) is 1.86. The molecular weight excluding hydrogens is 318 g/mol. The first-order chi connectivity index (χ1) is 11.9. The van der Waals surface area contributed by atoms with Crippen molar-refractivity contribution in [2.45, 2.75) is 6.92 Å². The zero-order valence-electron chi connectivity index (χ0n) is 14.8. The maximum Gasteiger partial charge on any atom is 0.266 e. The molecular formula is C18H23N5O2. The molecule has 7 nitrogen and oxygen atoms in total. The highest BCUT2D eigenvalue weighted by molar-refractivity contribution is 5.97. The molecule has 132 valence electrons. The third kappa shape index (κ3) is 4.73. The molecule has 2 rings (SSSR count). The molecule has 1 saturated heterocycles. The van der Waals surface area contributed by atoms with Gasteiger partial charge in [0.25, 0.3) is 5.91 Å². The van der Waals surface area contributed by atoms with Crippen LogP contribution < -0.4 is 10.2 Å². The van der Waals surface area contributed by atoms with Crippen molar-refractivity contribution in [3.63, 3.8) is 0 Å². The lowest BCUT2D eigenvalue weighted by Crippen LogP contribution is -2.50. The molecule has 1 fully saturated rings. The highest BCUT2D eigenvalue weighted by atomic mass is 16.2. The van der Waals surface area contributed by atoms with Crippen molar-refractivity contribution in [1.29, 1.82) is 5.26 Å². The van der Waals surface area contributed by atoms with Crippen LogP contribution in [-0.4, -0.2) is 61.9 Å². The SMILES string of the molecule is CC(=O)N1CCN(C(=O)/C(C#N)=C\Nc2cccc(N(C)C)c2)CC1. The second-order valence-corrected chi connectivity index (χ2v) is 6.06. The van der Waals surface area contributed by atoms with E-state index < -0.39 is 0 Å². The van der Waals surface area contributed by atoms with Crippen molar-refractivity contribution in [1.82, 2.24) is 9.80 Å². The van der Waals surface area contributed by atoms with E-state index in [1.54, 1.807) is 9.80 Å². The predicted octanol–water partition coefficient (Wildman–Crippen LogP) is 1.26. The molecule has 0 atom stereocenters. The fourth-order valence-corrected chi connectivity index (χ4v) is 2.57. The summed E-state index contributed by atoms with van der Waals surface area (Å²) >= 11 is 0. The van der Waals surface area contributed by atoms with E-state index >= 15 is 0 Å². The number of rotatable bonds is 4. The third-order valence-corrected chi connectivity index (χ3v) is 4.11. The van der Waals surface area contributed by atoms with E-state index in [4.69, 9.17) is 0 Å². The first kappa shape index (κ1) is 18.3. The molecule has 25 heavy (non-hydrogen) atoms. The van der Waals surface area contributed by atoms with Gasteiger partial charge in [0.15, 0.2) is 0 Å². The Bertz CT molecular complexity index is 712. The minimum absolute atomic E-state index is 0.00517. The van der Waals surface area contributed by atoms with E-state index in [2.05, 4.69) is 5.32 Å².